The minimum atomic E-state index is 0.160. The minimum Gasteiger partial charge on any atom is -0.324 e. The molecule has 1 unspecified atom stereocenters. The summed E-state index contributed by atoms with van der Waals surface area (Å²) >= 11 is 0. The van der Waals surface area contributed by atoms with Gasteiger partial charge in [0, 0.05) is 17.6 Å². The third-order valence-electron chi connectivity index (χ3n) is 3.89. The van der Waals surface area contributed by atoms with Crippen LogP contribution in [-0.4, -0.2) is 4.98 Å². The Morgan fingerprint density at radius 1 is 1.24 bits per heavy atom. The van der Waals surface area contributed by atoms with Gasteiger partial charge in [-0.1, -0.05) is 37.5 Å². The first-order valence-electron chi connectivity index (χ1n) is 6.44. The molecule has 0 amide bonds. The Balaban J connectivity index is 1.92. The zero-order valence-electron chi connectivity index (χ0n) is 9.97. The molecule has 2 N–H and O–H groups in total. The SMILES string of the molecule is NC(CC1CCC1)c1cccc2ncccc12. The Morgan fingerprint density at radius 3 is 2.88 bits per heavy atom. The molecule has 0 spiro atoms. The van der Waals surface area contributed by atoms with Crippen LogP contribution in [0.2, 0.25) is 0 Å². The molecule has 1 atom stereocenters. The number of benzene rings is 1. The molecule has 2 heteroatoms. The van der Waals surface area contributed by atoms with Crippen molar-refractivity contribution in [2.24, 2.45) is 11.7 Å². The number of pyridine rings is 1. The molecule has 0 aliphatic heterocycles. The first kappa shape index (κ1) is 10.7. The number of hydrogen-bond donors (Lipinski definition) is 1. The topological polar surface area (TPSA) is 38.9 Å². The van der Waals surface area contributed by atoms with Crippen LogP contribution in [0.3, 0.4) is 0 Å². The highest BCUT2D eigenvalue weighted by molar-refractivity contribution is 5.82. The second-order valence-electron chi connectivity index (χ2n) is 5.06. The average Bonchev–Trinajstić information content (AvgIpc) is 2.33. The minimum absolute atomic E-state index is 0.160. The van der Waals surface area contributed by atoms with Crippen molar-refractivity contribution in [1.29, 1.82) is 0 Å². The third kappa shape index (κ3) is 2.05. The summed E-state index contributed by atoms with van der Waals surface area (Å²) in [7, 11) is 0. The second-order valence-corrected chi connectivity index (χ2v) is 5.06. The first-order valence-corrected chi connectivity index (χ1v) is 6.44. The molecular formula is C15H18N2. The Labute approximate surface area is 102 Å². The van der Waals surface area contributed by atoms with Crippen LogP contribution in [-0.2, 0) is 0 Å². The Bertz CT molecular complexity index is 512. The summed E-state index contributed by atoms with van der Waals surface area (Å²) in [5.74, 6) is 0.844. The molecule has 17 heavy (non-hydrogen) atoms. The molecule has 0 saturated heterocycles. The van der Waals surface area contributed by atoms with E-state index in [9.17, 15) is 0 Å². The van der Waals surface area contributed by atoms with E-state index in [1.165, 1.54) is 30.2 Å². The molecule has 1 saturated carbocycles. The van der Waals surface area contributed by atoms with Gasteiger partial charge in [0.15, 0.2) is 0 Å². The van der Waals surface area contributed by atoms with Crippen molar-refractivity contribution in [3.63, 3.8) is 0 Å². The number of rotatable bonds is 3. The number of hydrogen-bond acceptors (Lipinski definition) is 2. The van der Waals surface area contributed by atoms with Gasteiger partial charge in [0.25, 0.3) is 0 Å². The number of aromatic nitrogens is 1. The molecule has 2 aromatic rings. The summed E-state index contributed by atoms with van der Waals surface area (Å²) in [5, 5.41) is 1.21. The smallest absolute Gasteiger partial charge is 0.0705 e. The van der Waals surface area contributed by atoms with E-state index < -0.39 is 0 Å². The van der Waals surface area contributed by atoms with Gasteiger partial charge in [0.2, 0.25) is 0 Å². The molecule has 1 aliphatic rings. The van der Waals surface area contributed by atoms with Crippen molar-refractivity contribution in [1.82, 2.24) is 4.98 Å². The van der Waals surface area contributed by atoms with Crippen molar-refractivity contribution in [3.05, 3.63) is 42.1 Å². The van der Waals surface area contributed by atoms with E-state index in [1.54, 1.807) is 0 Å². The van der Waals surface area contributed by atoms with Gasteiger partial charge in [-0.2, -0.15) is 0 Å². The maximum Gasteiger partial charge on any atom is 0.0705 e. The van der Waals surface area contributed by atoms with Crippen molar-refractivity contribution in [3.8, 4) is 0 Å². The maximum absolute atomic E-state index is 6.34. The Morgan fingerprint density at radius 2 is 2.12 bits per heavy atom. The highest BCUT2D eigenvalue weighted by Gasteiger charge is 2.21. The van der Waals surface area contributed by atoms with E-state index in [-0.39, 0.29) is 6.04 Å². The Hall–Kier alpha value is -1.41. The van der Waals surface area contributed by atoms with Crippen LogP contribution in [0, 0.1) is 5.92 Å². The third-order valence-corrected chi connectivity index (χ3v) is 3.89. The first-order chi connectivity index (χ1) is 8.34. The molecule has 88 valence electrons. The monoisotopic (exact) mass is 226 g/mol. The molecule has 0 radical (unpaired) electrons. The molecule has 1 heterocycles. The van der Waals surface area contributed by atoms with E-state index in [1.807, 2.05) is 12.3 Å². The van der Waals surface area contributed by atoms with Gasteiger partial charge >= 0.3 is 0 Å². The number of nitrogens with two attached hydrogens (primary N) is 1. The summed E-state index contributed by atoms with van der Waals surface area (Å²) in [6.07, 6.45) is 7.06. The molecule has 1 fully saturated rings. The largest absolute Gasteiger partial charge is 0.324 e. The summed E-state index contributed by atoms with van der Waals surface area (Å²) in [6, 6.07) is 10.5. The van der Waals surface area contributed by atoms with Gasteiger partial charge < -0.3 is 5.73 Å². The van der Waals surface area contributed by atoms with Gasteiger partial charge in [-0.3, -0.25) is 4.98 Å². The lowest BCUT2D eigenvalue weighted by molar-refractivity contribution is 0.278. The van der Waals surface area contributed by atoms with Gasteiger partial charge in [-0.05, 0) is 30.0 Å². The number of fused-ring (bicyclic) bond motifs is 1. The van der Waals surface area contributed by atoms with Crippen molar-refractivity contribution in [2.75, 3.05) is 0 Å². The maximum atomic E-state index is 6.34. The normalized spacial score (nSPS) is 17.9. The van der Waals surface area contributed by atoms with Crippen LogP contribution in [0.25, 0.3) is 10.9 Å². The number of nitrogens with zero attached hydrogens (tertiary/aromatic N) is 1. The Kier molecular flexibility index (Phi) is 2.81. The van der Waals surface area contributed by atoms with Crippen LogP contribution in [0.4, 0.5) is 0 Å². The predicted molar refractivity (Wildman–Crippen MR) is 70.6 cm³/mol. The second kappa shape index (κ2) is 4.46. The summed E-state index contributed by atoms with van der Waals surface area (Å²) in [4.78, 5) is 4.38. The van der Waals surface area contributed by atoms with Crippen molar-refractivity contribution >= 4 is 10.9 Å². The summed E-state index contributed by atoms with van der Waals surface area (Å²) < 4.78 is 0. The van der Waals surface area contributed by atoms with Gasteiger partial charge in [-0.25, -0.2) is 0 Å². The van der Waals surface area contributed by atoms with Crippen LogP contribution < -0.4 is 5.73 Å². The lowest BCUT2D eigenvalue weighted by Crippen LogP contribution is -2.20. The summed E-state index contributed by atoms with van der Waals surface area (Å²) in [6.45, 7) is 0. The van der Waals surface area contributed by atoms with Gasteiger partial charge in [0.1, 0.15) is 0 Å². The molecule has 1 aliphatic carbocycles. The zero-order chi connectivity index (χ0) is 11.7. The van der Waals surface area contributed by atoms with E-state index in [4.69, 9.17) is 5.73 Å². The van der Waals surface area contributed by atoms with Crippen LogP contribution in [0.5, 0.6) is 0 Å². The van der Waals surface area contributed by atoms with E-state index in [0.717, 1.165) is 17.9 Å². The lowest BCUT2D eigenvalue weighted by Gasteiger charge is -2.28. The van der Waals surface area contributed by atoms with Gasteiger partial charge in [0.05, 0.1) is 5.52 Å². The highest BCUT2D eigenvalue weighted by atomic mass is 14.7. The summed E-state index contributed by atoms with van der Waals surface area (Å²) in [5.41, 5.74) is 8.65. The fourth-order valence-electron chi connectivity index (χ4n) is 2.67. The molecule has 1 aromatic heterocycles. The molecule has 2 nitrogen and oxygen atoms in total. The van der Waals surface area contributed by atoms with Crippen molar-refractivity contribution < 1.29 is 0 Å². The molecular weight excluding hydrogens is 208 g/mol. The van der Waals surface area contributed by atoms with E-state index in [2.05, 4.69) is 29.2 Å². The lowest BCUT2D eigenvalue weighted by atomic mass is 9.79. The standard InChI is InChI=1S/C15H18N2/c16-14(10-11-4-1-5-11)12-6-2-8-15-13(12)7-3-9-17-15/h2-3,6-9,11,14H,1,4-5,10,16H2. The quantitative estimate of drug-likeness (QED) is 0.870. The molecule has 1 aromatic carbocycles. The molecule has 0 bridgehead atoms. The highest BCUT2D eigenvalue weighted by Crippen LogP contribution is 2.35. The zero-order valence-corrected chi connectivity index (χ0v) is 9.97. The van der Waals surface area contributed by atoms with Crippen LogP contribution >= 0.6 is 0 Å². The predicted octanol–water partition coefficient (Wildman–Crippen LogP) is 3.42. The van der Waals surface area contributed by atoms with Crippen molar-refractivity contribution in [2.45, 2.75) is 31.7 Å². The van der Waals surface area contributed by atoms with Crippen LogP contribution in [0.1, 0.15) is 37.3 Å². The van der Waals surface area contributed by atoms with E-state index in [0.29, 0.717) is 0 Å². The van der Waals surface area contributed by atoms with Gasteiger partial charge in [-0.15, -0.1) is 0 Å². The average molecular weight is 226 g/mol. The van der Waals surface area contributed by atoms with E-state index >= 15 is 0 Å². The molecule has 3 rings (SSSR count). The van der Waals surface area contributed by atoms with Crippen LogP contribution in [0.15, 0.2) is 36.5 Å². The fraction of sp³-hybridized carbons (Fsp3) is 0.400. The fourth-order valence-corrected chi connectivity index (χ4v) is 2.67.